The number of rotatable bonds is 9. The first-order chi connectivity index (χ1) is 16.7. The highest BCUT2D eigenvalue weighted by atomic mass is 19.4. The summed E-state index contributed by atoms with van der Waals surface area (Å²) in [6.45, 7) is 5.04. The van der Waals surface area contributed by atoms with Crippen LogP contribution in [-0.2, 0) is 25.8 Å². The number of ether oxygens (including phenoxy) is 2. The number of halogens is 3. The second kappa shape index (κ2) is 10.4. The highest BCUT2D eigenvalue weighted by Crippen LogP contribution is 2.33. The topological polar surface area (TPSA) is 76.8 Å². The number of amides is 1. The van der Waals surface area contributed by atoms with Crippen LogP contribution in [0.15, 0.2) is 53.1 Å². The van der Waals surface area contributed by atoms with E-state index in [-0.39, 0.29) is 31.0 Å². The maximum absolute atomic E-state index is 12.9. The second-order valence-corrected chi connectivity index (χ2v) is 8.44. The third kappa shape index (κ3) is 6.33. The van der Waals surface area contributed by atoms with E-state index in [1.165, 1.54) is 18.4 Å². The van der Waals surface area contributed by atoms with Crippen LogP contribution in [0.25, 0.3) is 0 Å². The third-order valence-corrected chi connectivity index (χ3v) is 5.66. The van der Waals surface area contributed by atoms with E-state index < -0.39 is 11.7 Å². The van der Waals surface area contributed by atoms with Gasteiger partial charge in [-0.25, -0.2) is 4.98 Å². The van der Waals surface area contributed by atoms with Gasteiger partial charge in [0.1, 0.15) is 6.26 Å². The van der Waals surface area contributed by atoms with Crippen molar-refractivity contribution < 1.29 is 31.9 Å². The largest absolute Gasteiger partial charge is 0.454 e. The number of hydrogen-bond donors (Lipinski definition) is 1. The molecule has 0 saturated heterocycles. The lowest BCUT2D eigenvalue weighted by Crippen LogP contribution is -2.32. The number of hydrogen-bond acceptors (Lipinski definition) is 6. The number of carbonyl (C=O) groups excluding carboxylic acids is 1. The molecule has 0 aliphatic carbocycles. The lowest BCUT2D eigenvalue weighted by molar-refractivity contribution is -0.137. The molecule has 1 unspecified atom stereocenters. The van der Waals surface area contributed by atoms with Crippen molar-refractivity contribution in [2.45, 2.75) is 52.1 Å². The molecule has 1 amide bonds. The van der Waals surface area contributed by atoms with Gasteiger partial charge in [0.25, 0.3) is 5.91 Å². The second-order valence-electron chi connectivity index (χ2n) is 8.44. The van der Waals surface area contributed by atoms with E-state index in [0.717, 1.165) is 24.1 Å². The molecule has 1 aliphatic rings. The summed E-state index contributed by atoms with van der Waals surface area (Å²) >= 11 is 0. The van der Waals surface area contributed by atoms with Gasteiger partial charge in [0, 0.05) is 19.1 Å². The number of fused-ring (bicyclic) bond motifs is 1. The maximum atomic E-state index is 12.9. The highest BCUT2D eigenvalue weighted by Gasteiger charge is 2.30. The minimum atomic E-state index is -4.39. The summed E-state index contributed by atoms with van der Waals surface area (Å²) in [7, 11) is 0. The van der Waals surface area contributed by atoms with Gasteiger partial charge in [-0.2, -0.15) is 13.2 Å². The van der Waals surface area contributed by atoms with Gasteiger partial charge in [0.05, 0.1) is 12.1 Å². The third-order valence-electron chi connectivity index (χ3n) is 5.66. The van der Waals surface area contributed by atoms with Crippen LogP contribution in [0.2, 0.25) is 0 Å². The van der Waals surface area contributed by atoms with Gasteiger partial charge in [-0.05, 0) is 48.7 Å². The molecule has 186 valence electrons. The van der Waals surface area contributed by atoms with Gasteiger partial charge in [-0.3, -0.25) is 9.69 Å². The number of carbonyl (C=O) groups is 1. The summed E-state index contributed by atoms with van der Waals surface area (Å²) in [5.74, 6) is 1.30. The van der Waals surface area contributed by atoms with E-state index >= 15 is 0 Å². The summed E-state index contributed by atoms with van der Waals surface area (Å²) < 4.78 is 55.2. The molecule has 0 radical (unpaired) electrons. The summed E-state index contributed by atoms with van der Waals surface area (Å²) in [4.78, 5) is 18.6. The van der Waals surface area contributed by atoms with E-state index in [2.05, 4.69) is 10.3 Å². The van der Waals surface area contributed by atoms with Crippen molar-refractivity contribution in [3.8, 4) is 11.5 Å². The molecule has 10 heteroatoms. The van der Waals surface area contributed by atoms with Gasteiger partial charge < -0.3 is 19.2 Å². The van der Waals surface area contributed by atoms with Crippen LogP contribution >= 0.6 is 0 Å². The first kappa shape index (κ1) is 24.6. The Bertz CT molecular complexity index is 1160. The quantitative estimate of drug-likeness (QED) is 0.448. The Morgan fingerprint density at radius 1 is 1.06 bits per heavy atom. The summed E-state index contributed by atoms with van der Waals surface area (Å²) in [6, 6.07) is 10.6. The maximum Gasteiger partial charge on any atom is 0.416 e. The fourth-order valence-electron chi connectivity index (χ4n) is 3.60. The van der Waals surface area contributed by atoms with Crippen molar-refractivity contribution in [1.82, 2.24) is 15.2 Å². The van der Waals surface area contributed by atoms with Gasteiger partial charge in [-0.1, -0.05) is 25.1 Å². The molecule has 2 heterocycles. The standard InChI is InChI=1S/C25H26F3N3O4/c1-3-16(2)29-24(32)20-14-33-23(30-20)13-31(11-17-4-7-19(8-5-17)25(26,27)28)12-18-6-9-21-22(10-18)35-15-34-21/h4-10,14,16H,3,11-13,15H2,1-2H3,(H,29,32). The van der Waals surface area contributed by atoms with Crippen molar-refractivity contribution >= 4 is 5.91 Å². The summed E-state index contributed by atoms with van der Waals surface area (Å²) in [6.07, 6.45) is -2.30. The molecule has 0 bridgehead atoms. The van der Waals surface area contributed by atoms with Crippen LogP contribution in [0.5, 0.6) is 11.5 Å². The van der Waals surface area contributed by atoms with Crippen molar-refractivity contribution in [3.05, 3.63) is 77.0 Å². The Balaban J connectivity index is 1.51. The lowest BCUT2D eigenvalue weighted by Gasteiger charge is -2.21. The van der Waals surface area contributed by atoms with Crippen LogP contribution in [0.3, 0.4) is 0 Å². The molecule has 1 aliphatic heterocycles. The average Bonchev–Trinajstić information content (AvgIpc) is 3.48. The SMILES string of the molecule is CCC(C)NC(=O)c1coc(CN(Cc2ccc(C(F)(F)F)cc2)Cc2ccc3c(c2)OCO3)n1. The molecule has 2 aromatic carbocycles. The number of benzene rings is 2. The molecule has 1 N–H and O–H groups in total. The molecule has 3 aromatic rings. The van der Waals surface area contributed by atoms with Crippen LogP contribution in [0, 0.1) is 0 Å². The average molecular weight is 489 g/mol. The summed E-state index contributed by atoms with van der Waals surface area (Å²) in [5, 5.41) is 2.84. The van der Waals surface area contributed by atoms with Crippen molar-refractivity contribution in [2.75, 3.05) is 6.79 Å². The molecule has 7 nitrogen and oxygen atoms in total. The fraction of sp³-hybridized carbons (Fsp3) is 0.360. The zero-order valence-corrected chi connectivity index (χ0v) is 19.4. The van der Waals surface area contributed by atoms with Crippen LogP contribution < -0.4 is 14.8 Å². The molecule has 0 spiro atoms. The molecular formula is C25H26F3N3O4. The minimum Gasteiger partial charge on any atom is -0.454 e. The Morgan fingerprint density at radius 2 is 1.74 bits per heavy atom. The Morgan fingerprint density at radius 3 is 2.46 bits per heavy atom. The normalized spacial score (nSPS) is 13.8. The fourth-order valence-corrected chi connectivity index (χ4v) is 3.60. The Kier molecular flexibility index (Phi) is 7.30. The first-order valence-corrected chi connectivity index (χ1v) is 11.2. The molecule has 35 heavy (non-hydrogen) atoms. The highest BCUT2D eigenvalue weighted by molar-refractivity contribution is 5.92. The van der Waals surface area contributed by atoms with E-state index in [4.69, 9.17) is 13.9 Å². The van der Waals surface area contributed by atoms with Gasteiger partial charge in [-0.15, -0.1) is 0 Å². The Labute approximate surface area is 200 Å². The van der Waals surface area contributed by atoms with Crippen LogP contribution in [0.4, 0.5) is 13.2 Å². The van der Waals surface area contributed by atoms with Gasteiger partial charge >= 0.3 is 6.18 Å². The molecule has 4 rings (SSSR count). The van der Waals surface area contributed by atoms with Crippen molar-refractivity contribution in [2.24, 2.45) is 0 Å². The van der Waals surface area contributed by atoms with E-state index in [1.807, 2.05) is 36.9 Å². The Hall–Kier alpha value is -3.53. The monoisotopic (exact) mass is 489 g/mol. The smallest absolute Gasteiger partial charge is 0.416 e. The zero-order valence-electron chi connectivity index (χ0n) is 19.4. The molecule has 0 saturated carbocycles. The first-order valence-electron chi connectivity index (χ1n) is 11.2. The lowest BCUT2D eigenvalue weighted by atomic mass is 10.1. The summed E-state index contributed by atoms with van der Waals surface area (Å²) in [5.41, 5.74) is 1.09. The number of nitrogens with one attached hydrogen (secondary N) is 1. The zero-order chi connectivity index (χ0) is 25.0. The van der Waals surface area contributed by atoms with Crippen LogP contribution in [0.1, 0.15) is 53.3 Å². The number of aromatic nitrogens is 1. The van der Waals surface area contributed by atoms with Gasteiger partial charge in [0.15, 0.2) is 17.2 Å². The predicted molar refractivity (Wildman–Crippen MR) is 121 cm³/mol. The van der Waals surface area contributed by atoms with E-state index in [9.17, 15) is 18.0 Å². The molecule has 1 aromatic heterocycles. The van der Waals surface area contributed by atoms with E-state index in [1.54, 1.807) is 0 Å². The van der Waals surface area contributed by atoms with E-state index in [0.29, 0.717) is 36.0 Å². The number of oxazole rings is 1. The van der Waals surface area contributed by atoms with Crippen molar-refractivity contribution in [1.29, 1.82) is 0 Å². The molecule has 1 atom stereocenters. The molecular weight excluding hydrogens is 463 g/mol. The molecule has 0 fully saturated rings. The number of alkyl halides is 3. The van der Waals surface area contributed by atoms with Crippen LogP contribution in [-0.4, -0.2) is 28.6 Å². The van der Waals surface area contributed by atoms with Crippen molar-refractivity contribution in [3.63, 3.8) is 0 Å². The predicted octanol–water partition coefficient (Wildman–Crippen LogP) is 5.15. The minimum absolute atomic E-state index is 0.00447. The van der Waals surface area contributed by atoms with Gasteiger partial charge in [0.2, 0.25) is 12.7 Å². The number of nitrogens with zero attached hydrogens (tertiary/aromatic N) is 2.